The quantitative estimate of drug-likeness (QED) is 0.318. The first-order valence-electron chi connectivity index (χ1n) is 10.4. The summed E-state index contributed by atoms with van der Waals surface area (Å²) in [5.41, 5.74) is 7.40. The molecule has 0 fully saturated rings. The van der Waals surface area contributed by atoms with Crippen LogP contribution in [-0.4, -0.2) is 9.97 Å². The van der Waals surface area contributed by atoms with Crippen LogP contribution >= 0.6 is 0 Å². The van der Waals surface area contributed by atoms with Gasteiger partial charge >= 0.3 is 0 Å². The van der Waals surface area contributed by atoms with Gasteiger partial charge in [0.1, 0.15) is 5.52 Å². The standard InChI is InChI=1S/C28H20N2O/c1-18-12-25-24(16-23-9-11-31-28(23)27(25)30-17-18)26-15-20(8-10-29-26)13-19-6-7-21-4-2-3-5-22(21)14-19/h2-12,14-17H,13H2,1H3. The first-order valence-corrected chi connectivity index (χ1v) is 10.4. The normalized spacial score (nSPS) is 11.5. The molecule has 0 atom stereocenters. The second-order valence-electron chi connectivity index (χ2n) is 8.08. The smallest absolute Gasteiger partial charge is 0.160 e. The van der Waals surface area contributed by atoms with Crippen LogP contribution in [0.1, 0.15) is 16.7 Å². The molecule has 0 spiro atoms. The first-order chi connectivity index (χ1) is 15.2. The molecule has 0 amide bonds. The predicted octanol–water partition coefficient (Wildman–Crippen LogP) is 7.10. The van der Waals surface area contributed by atoms with Crippen LogP contribution < -0.4 is 0 Å². The van der Waals surface area contributed by atoms with Crippen molar-refractivity contribution in [2.75, 3.05) is 0 Å². The number of nitrogens with zero attached hydrogens (tertiary/aromatic N) is 2. The van der Waals surface area contributed by atoms with Crippen LogP contribution in [0.4, 0.5) is 0 Å². The Balaban J connectivity index is 1.46. The maximum absolute atomic E-state index is 5.72. The summed E-state index contributed by atoms with van der Waals surface area (Å²) in [6.45, 7) is 2.06. The Morgan fingerprint density at radius 3 is 2.58 bits per heavy atom. The van der Waals surface area contributed by atoms with Crippen molar-refractivity contribution in [1.82, 2.24) is 9.97 Å². The molecule has 0 aliphatic carbocycles. The fourth-order valence-electron chi connectivity index (χ4n) is 4.34. The minimum absolute atomic E-state index is 0.825. The second-order valence-corrected chi connectivity index (χ2v) is 8.08. The van der Waals surface area contributed by atoms with Crippen LogP contribution in [0.2, 0.25) is 0 Å². The average Bonchev–Trinajstić information content (AvgIpc) is 3.27. The molecular weight excluding hydrogens is 380 g/mol. The molecule has 0 aliphatic rings. The molecule has 31 heavy (non-hydrogen) atoms. The van der Waals surface area contributed by atoms with E-state index in [1.54, 1.807) is 6.26 Å². The van der Waals surface area contributed by atoms with Crippen molar-refractivity contribution in [2.45, 2.75) is 13.3 Å². The van der Waals surface area contributed by atoms with E-state index in [2.05, 4.69) is 78.6 Å². The van der Waals surface area contributed by atoms with Gasteiger partial charge in [-0.1, -0.05) is 42.5 Å². The number of aryl methyl sites for hydroxylation is 1. The number of furan rings is 1. The molecule has 3 aromatic carbocycles. The summed E-state index contributed by atoms with van der Waals surface area (Å²) < 4.78 is 5.72. The van der Waals surface area contributed by atoms with Crippen LogP contribution in [0.3, 0.4) is 0 Å². The Hall–Kier alpha value is -3.98. The van der Waals surface area contributed by atoms with Crippen molar-refractivity contribution in [3.8, 4) is 11.3 Å². The minimum atomic E-state index is 0.825. The highest BCUT2D eigenvalue weighted by Gasteiger charge is 2.13. The van der Waals surface area contributed by atoms with Gasteiger partial charge in [-0.15, -0.1) is 0 Å². The lowest BCUT2D eigenvalue weighted by Crippen LogP contribution is -1.93. The van der Waals surface area contributed by atoms with Gasteiger partial charge in [0.05, 0.1) is 12.0 Å². The number of benzene rings is 3. The van der Waals surface area contributed by atoms with E-state index in [0.29, 0.717) is 0 Å². The highest BCUT2D eigenvalue weighted by Crippen LogP contribution is 2.34. The molecule has 6 aromatic rings. The predicted molar refractivity (Wildman–Crippen MR) is 126 cm³/mol. The lowest BCUT2D eigenvalue weighted by Gasteiger charge is -2.10. The van der Waals surface area contributed by atoms with Crippen molar-refractivity contribution >= 4 is 32.6 Å². The van der Waals surface area contributed by atoms with Gasteiger partial charge in [0.15, 0.2) is 5.58 Å². The maximum Gasteiger partial charge on any atom is 0.160 e. The average molecular weight is 400 g/mol. The lowest BCUT2D eigenvalue weighted by molar-refractivity contribution is 0.618. The molecule has 3 nitrogen and oxygen atoms in total. The van der Waals surface area contributed by atoms with E-state index >= 15 is 0 Å². The Morgan fingerprint density at radius 1 is 0.774 bits per heavy atom. The van der Waals surface area contributed by atoms with Crippen LogP contribution in [0.15, 0.2) is 95.9 Å². The van der Waals surface area contributed by atoms with Gasteiger partial charge in [-0.05, 0) is 71.1 Å². The van der Waals surface area contributed by atoms with Crippen molar-refractivity contribution in [3.05, 3.63) is 108 Å². The molecule has 0 unspecified atom stereocenters. The van der Waals surface area contributed by atoms with Gasteiger partial charge in [-0.2, -0.15) is 0 Å². The topological polar surface area (TPSA) is 38.9 Å². The Morgan fingerprint density at radius 2 is 1.65 bits per heavy atom. The van der Waals surface area contributed by atoms with E-state index in [0.717, 1.165) is 45.1 Å². The van der Waals surface area contributed by atoms with Crippen LogP contribution in [-0.2, 0) is 6.42 Å². The molecule has 3 aromatic heterocycles. The van der Waals surface area contributed by atoms with E-state index in [4.69, 9.17) is 9.40 Å². The molecule has 3 heterocycles. The van der Waals surface area contributed by atoms with Gasteiger partial charge in [0.25, 0.3) is 0 Å². The van der Waals surface area contributed by atoms with Gasteiger partial charge in [-0.3, -0.25) is 9.97 Å². The summed E-state index contributed by atoms with van der Waals surface area (Å²) in [4.78, 5) is 9.38. The van der Waals surface area contributed by atoms with Crippen molar-refractivity contribution in [2.24, 2.45) is 0 Å². The number of hydrogen-bond donors (Lipinski definition) is 0. The van der Waals surface area contributed by atoms with E-state index < -0.39 is 0 Å². The zero-order valence-corrected chi connectivity index (χ0v) is 17.2. The minimum Gasteiger partial charge on any atom is -0.462 e. The number of aromatic nitrogens is 2. The third kappa shape index (κ3) is 3.15. The monoisotopic (exact) mass is 400 g/mol. The van der Waals surface area contributed by atoms with E-state index in [1.807, 2.05) is 18.5 Å². The van der Waals surface area contributed by atoms with Crippen molar-refractivity contribution in [1.29, 1.82) is 0 Å². The van der Waals surface area contributed by atoms with E-state index in [9.17, 15) is 0 Å². The molecular formula is C28H20N2O. The van der Waals surface area contributed by atoms with Gasteiger partial charge < -0.3 is 4.42 Å². The number of hydrogen-bond acceptors (Lipinski definition) is 3. The third-order valence-corrected chi connectivity index (χ3v) is 5.85. The summed E-state index contributed by atoms with van der Waals surface area (Å²) in [6, 6.07) is 25.8. The van der Waals surface area contributed by atoms with E-state index in [1.165, 1.54) is 21.9 Å². The molecule has 0 saturated heterocycles. The third-order valence-electron chi connectivity index (χ3n) is 5.85. The molecule has 0 saturated carbocycles. The number of pyridine rings is 2. The zero-order chi connectivity index (χ0) is 20.8. The first kappa shape index (κ1) is 17.8. The van der Waals surface area contributed by atoms with Gasteiger partial charge in [0.2, 0.25) is 0 Å². The van der Waals surface area contributed by atoms with Crippen LogP contribution in [0.5, 0.6) is 0 Å². The fourth-order valence-corrected chi connectivity index (χ4v) is 4.34. The Kier molecular flexibility index (Phi) is 4.07. The molecule has 6 rings (SSSR count). The summed E-state index contributed by atoms with van der Waals surface area (Å²) in [5, 5.41) is 4.65. The van der Waals surface area contributed by atoms with Gasteiger partial charge in [-0.25, -0.2) is 0 Å². The van der Waals surface area contributed by atoms with Crippen molar-refractivity contribution in [3.63, 3.8) is 0 Å². The molecule has 148 valence electrons. The summed E-state index contributed by atoms with van der Waals surface area (Å²) in [6.07, 6.45) is 6.38. The second kappa shape index (κ2) is 7.06. The molecule has 0 N–H and O–H groups in total. The SMILES string of the molecule is Cc1cnc2c(c1)c(-c1cc(Cc3ccc4ccccc4c3)ccn1)cc1ccoc12. The largest absolute Gasteiger partial charge is 0.462 e. The summed E-state index contributed by atoms with van der Waals surface area (Å²) in [7, 11) is 0. The molecule has 0 bridgehead atoms. The maximum atomic E-state index is 5.72. The highest BCUT2D eigenvalue weighted by atomic mass is 16.3. The zero-order valence-electron chi connectivity index (χ0n) is 17.2. The number of rotatable bonds is 3. The highest BCUT2D eigenvalue weighted by molar-refractivity contribution is 6.09. The Labute approximate surface area is 180 Å². The number of fused-ring (bicyclic) bond motifs is 4. The Bertz CT molecular complexity index is 1580. The lowest BCUT2D eigenvalue weighted by atomic mass is 9.98. The van der Waals surface area contributed by atoms with Crippen LogP contribution in [0, 0.1) is 6.92 Å². The molecule has 3 heteroatoms. The fraction of sp³-hybridized carbons (Fsp3) is 0.0714. The molecule has 0 radical (unpaired) electrons. The summed E-state index contributed by atoms with van der Waals surface area (Å²) in [5.74, 6) is 0. The van der Waals surface area contributed by atoms with E-state index in [-0.39, 0.29) is 0 Å². The molecule has 0 aliphatic heterocycles. The van der Waals surface area contributed by atoms with Gasteiger partial charge in [0, 0.05) is 28.7 Å². The van der Waals surface area contributed by atoms with Crippen molar-refractivity contribution < 1.29 is 4.42 Å². The summed E-state index contributed by atoms with van der Waals surface area (Å²) >= 11 is 0. The van der Waals surface area contributed by atoms with Crippen LogP contribution in [0.25, 0.3) is 43.9 Å².